The molecule has 0 spiro atoms. The summed E-state index contributed by atoms with van der Waals surface area (Å²) in [5.74, 6) is 1.45. The van der Waals surface area contributed by atoms with Gasteiger partial charge >= 0.3 is 5.97 Å². The lowest BCUT2D eigenvalue weighted by molar-refractivity contribution is -0.154. The highest BCUT2D eigenvalue weighted by atomic mass is 16.8. The Morgan fingerprint density at radius 1 is 1.28 bits per heavy atom. The first-order valence-electron chi connectivity index (χ1n) is 10.2. The van der Waals surface area contributed by atoms with Crippen LogP contribution in [0.3, 0.4) is 0 Å². The van der Waals surface area contributed by atoms with E-state index in [0.717, 1.165) is 32.1 Å². The zero-order valence-electron chi connectivity index (χ0n) is 16.6. The third-order valence-corrected chi connectivity index (χ3v) is 7.21. The summed E-state index contributed by atoms with van der Waals surface area (Å²) in [6.07, 6.45) is 6.48. The molecule has 0 aromatic carbocycles. The fraction of sp³-hybridized carbons (Fsp3) is 0.952. The number of rotatable bonds is 4. The van der Waals surface area contributed by atoms with Gasteiger partial charge in [-0.25, -0.2) is 4.79 Å². The minimum Gasteiger partial charge on any atom is -0.433 e. The van der Waals surface area contributed by atoms with Crippen LogP contribution in [-0.2, 0) is 14.3 Å². The van der Waals surface area contributed by atoms with Gasteiger partial charge in [0.1, 0.15) is 0 Å². The molecule has 0 radical (unpaired) electrons. The number of aliphatic hydroxyl groups is 1. The largest absolute Gasteiger partial charge is 0.433 e. The second kappa shape index (κ2) is 6.84. The highest BCUT2D eigenvalue weighted by molar-refractivity contribution is 5.76. The number of hydrogen-bond donors (Lipinski definition) is 1. The topological polar surface area (TPSA) is 55.8 Å². The van der Waals surface area contributed by atoms with Crippen molar-refractivity contribution in [1.82, 2.24) is 0 Å². The van der Waals surface area contributed by atoms with Crippen LogP contribution < -0.4 is 0 Å². The number of carbonyl (C=O) groups excluding carboxylic acids is 1. The van der Waals surface area contributed by atoms with E-state index in [1.165, 1.54) is 12.8 Å². The molecule has 1 saturated heterocycles. The molecule has 0 aromatic heterocycles. The van der Waals surface area contributed by atoms with Gasteiger partial charge < -0.3 is 14.6 Å². The Morgan fingerprint density at radius 2 is 2.00 bits per heavy atom. The lowest BCUT2D eigenvalue weighted by Crippen LogP contribution is -2.41. The number of carbonyl (C=O) groups is 1. The van der Waals surface area contributed by atoms with Crippen LogP contribution in [0.4, 0.5) is 0 Å². The average Bonchev–Trinajstić information content (AvgIpc) is 3.05. The summed E-state index contributed by atoms with van der Waals surface area (Å²) < 4.78 is 11.3. The highest BCUT2D eigenvalue weighted by Crippen LogP contribution is 2.58. The second-order valence-corrected chi connectivity index (χ2v) is 10.1. The molecule has 2 aliphatic carbocycles. The fourth-order valence-electron chi connectivity index (χ4n) is 5.72. The smallest absolute Gasteiger partial charge is 0.337 e. The third kappa shape index (κ3) is 3.62. The summed E-state index contributed by atoms with van der Waals surface area (Å²) in [5, 5.41) is 10.4. The summed E-state index contributed by atoms with van der Waals surface area (Å²) in [6.45, 7) is 10.8. The van der Waals surface area contributed by atoms with Gasteiger partial charge in [0.2, 0.25) is 6.29 Å². The standard InChI is InChI=1S/C21H36O4/c1-13(8-11-17-18(23)25-19(24-17)20(2,3)4)14-9-10-15-16(22)7-6-12-21(14,15)5/h13-17,19,22H,6-12H2,1-5H3/t13-,14-,15+,16+,17-,19-,21-/m1/s1. The van der Waals surface area contributed by atoms with E-state index in [1.54, 1.807) is 0 Å². The van der Waals surface area contributed by atoms with E-state index in [4.69, 9.17) is 9.47 Å². The third-order valence-electron chi connectivity index (χ3n) is 7.21. The Hall–Kier alpha value is -0.610. The van der Waals surface area contributed by atoms with Crippen molar-refractivity contribution in [3.63, 3.8) is 0 Å². The molecule has 4 nitrogen and oxygen atoms in total. The summed E-state index contributed by atoms with van der Waals surface area (Å²) >= 11 is 0. The van der Waals surface area contributed by atoms with E-state index in [2.05, 4.69) is 13.8 Å². The van der Waals surface area contributed by atoms with E-state index >= 15 is 0 Å². The van der Waals surface area contributed by atoms with Gasteiger partial charge in [-0.15, -0.1) is 0 Å². The maximum absolute atomic E-state index is 12.1. The molecule has 0 unspecified atom stereocenters. The molecule has 144 valence electrons. The first kappa shape index (κ1) is 19.2. The summed E-state index contributed by atoms with van der Waals surface area (Å²) in [4.78, 5) is 12.1. The quantitative estimate of drug-likeness (QED) is 0.767. The van der Waals surface area contributed by atoms with Gasteiger partial charge in [-0.2, -0.15) is 0 Å². The van der Waals surface area contributed by atoms with E-state index in [9.17, 15) is 9.90 Å². The van der Waals surface area contributed by atoms with Crippen molar-refractivity contribution in [3.8, 4) is 0 Å². The summed E-state index contributed by atoms with van der Waals surface area (Å²) in [5.41, 5.74) is 0.0858. The molecule has 3 fully saturated rings. The predicted octanol–water partition coefficient (Wildman–Crippen LogP) is 4.29. The summed E-state index contributed by atoms with van der Waals surface area (Å²) in [7, 11) is 0. The minimum absolute atomic E-state index is 0.114. The van der Waals surface area contributed by atoms with Crippen molar-refractivity contribution < 1.29 is 19.4 Å². The van der Waals surface area contributed by atoms with Crippen molar-refractivity contribution >= 4 is 5.97 Å². The van der Waals surface area contributed by atoms with Crippen LogP contribution in [0.5, 0.6) is 0 Å². The number of fused-ring (bicyclic) bond motifs is 1. The molecule has 1 N–H and O–H groups in total. The Kier molecular flexibility index (Phi) is 5.25. The van der Waals surface area contributed by atoms with Gasteiger partial charge in [-0.3, -0.25) is 0 Å². The average molecular weight is 353 g/mol. The molecule has 4 heteroatoms. The van der Waals surface area contributed by atoms with Crippen LogP contribution in [0.25, 0.3) is 0 Å². The molecular formula is C21H36O4. The molecule has 1 heterocycles. The zero-order chi connectivity index (χ0) is 18.4. The number of esters is 1. The molecule has 0 aromatic rings. The van der Waals surface area contributed by atoms with Crippen LogP contribution in [-0.4, -0.2) is 29.6 Å². The molecule has 3 rings (SSSR count). The summed E-state index contributed by atoms with van der Waals surface area (Å²) in [6, 6.07) is 0. The Bertz CT molecular complexity index is 497. The molecule has 0 bridgehead atoms. The fourth-order valence-corrected chi connectivity index (χ4v) is 5.72. The van der Waals surface area contributed by atoms with Crippen LogP contribution >= 0.6 is 0 Å². The van der Waals surface area contributed by atoms with Gasteiger partial charge in [-0.1, -0.05) is 41.0 Å². The zero-order valence-corrected chi connectivity index (χ0v) is 16.6. The van der Waals surface area contributed by atoms with E-state index < -0.39 is 12.4 Å². The first-order valence-corrected chi connectivity index (χ1v) is 10.2. The second-order valence-electron chi connectivity index (χ2n) is 10.1. The van der Waals surface area contributed by atoms with E-state index in [1.807, 2.05) is 20.8 Å². The van der Waals surface area contributed by atoms with Crippen molar-refractivity contribution in [2.75, 3.05) is 0 Å². The maximum Gasteiger partial charge on any atom is 0.337 e. The lowest BCUT2D eigenvalue weighted by atomic mass is 9.61. The van der Waals surface area contributed by atoms with Crippen LogP contribution in [0.1, 0.15) is 79.6 Å². The molecule has 0 amide bonds. The van der Waals surface area contributed by atoms with E-state index in [0.29, 0.717) is 17.8 Å². The first-order chi connectivity index (χ1) is 11.6. The van der Waals surface area contributed by atoms with Gasteiger partial charge in [0.15, 0.2) is 6.10 Å². The molecular weight excluding hydrogens is 316 g/mol. The van der Waals surface area contributed by atoms with Crippen molar-refractivity contribution in [1.29, 1.82) is 0 Å². The number of aliphatic hydroxyl groups excluding tert-OH is 1. The monoisotopic (exact) mass is 352 g/mol. The molecule has 25 heavy (non-hydrogen) atoms. The predicted molar refractivity (Wildman–Crippen MR) is 96.8 cm³/mol. The maximum atomic E-state index is 12.1. The van der Waals surface area contributed by atoms with Crippen molar-refractivity contribution in [2.45, 2.75) is 98.1 Å². The molecule has 7 atom stereocenters. The Balaban J connectivity index is 1.56. The Labute approximate surface area is 152 Å². The van der Waals surface area contributed by atoms with Gasteiger partial charge in [0.05, 0.1) is 6.10 Å². The van der Waals surface area contributed by atoms with Crippen molar-refractivity contribution in [3.05, 3.63) is 0 Å². The number of ether oxygens (including phenoxy) is 2. The van der Waals surface area contributed by atoms with Crippen LogP contribution in [0.2, 0.25) is 0 Å². The number of hydrogen-bond acceptors (Lipinski definition) is 4. The number of cyclic esters (lactones) is 1. The van der Waals surface area contributed by atoms with Crippen LogP contribution in [0.15, 0.2) is 0 Å². The van der Waals surface area contributed by atoms with Crippen molar-refractivity contribution in [2.24, 2.45) is 28.6 Å². The minimum atomic E-state index is -0.429. The van der Waals surface area contributed by atoms with Gasteiger partial charge in [0.25, 0.3) is 0 Å². The van der Waals surface area contributed by atoms with Gasteiger partial charge in [0, 0.05) is 5.41 Å². The van der Waals surface area contributed by atoms with E-state index in [-0.39, 0.29) is 22.9 Å². The SMILES string of the molecule is C[C@H](CC[C@H]1O[C@@H](C(C)(C)C)OC1=O)[C@H]1CC[C@H]2[C@@H](O)CCC[C@]12C. The van der Waals surface area contributed by atoms with Gasteiger partial charge in [-0.05, 0) is 61.7 Å². The lowest BCUT2D eigenvalue weighted by Gasteiger charge is -2.45. The Morgan fingerprint density at radius 3 is 2.64 bits per heavy atom. The van der Waals surface area contributed by atoms with Crippen LogP contribution in [0, 0.1) is 28.6 Å². The molecule has 1 aliphatic heterocycles. The normalized spacial score (nSPS) is 43.0. The molecule has 3 aliphatic rings. The molecule has 2 saturated carbocycles. The highest BCUT2D eigenvalue weighted by Gasteiger charge is 2.52.